The summed E-state index contributed by atoms with van der Waals surface area (Å²) in [6.45, 7) is 1.84. The van der Waals surface area contributed by atoms with Crippen LogP contribution < -0.4 is 0 Å². The van der Waals surface area contributed by atoms with Crippen LogP contribution in [-0.4, -0.2) is 8.76 Å². The second-order valence-corrected chi connectivity index (χ2v) is 4.47. The maximum absolute atomic E-state index is 11.3. The molecule has 0 aromatic heterocycles. The van der Waals surface area contributed by atoms with Crippen molar-refractivity contribution >= 4 is 11.1 Å². The molecule has 2 aromatic rings. The van der Waals surface area contributed by atoms with Gasteiger partial charge in [-0.2, -0.15) is 0 Å². The third-order valence-corrected chi connectivity index (χ3v) is 3.36. The van der Waals surface area contributed by atoms with Gasteiger partial charge in [0.15, 0.2) is 11.1 Å². The molecule has 1 N–H and O–H groups in total. The first-order valence-corrected chi connectivity index (χ1v) is 6.06. The average molecular weight is 232 g/mol. The van der Waals surface area contributed by atoms with Crippen molar-refractivity contribution in [1.82, 2.24) is 0 Å². The van der Waals surface area contributed by atoms with E-state index in [-0.39, 0.29) is 0 Å². The molecule has 1 atom stereocenters. The van der Waals surface area contributed by atoms with E-state index in [0.717, 1.165) is 16.7 Å². The monoisotopic (exact) mass is 232 g/mol. The van der Waals surface area contributed by atoms with Crippen molar-refractivity contribution < 1.29 is 8.76 Å². The number of benzene rings is 2. The highest BCUT2D eigenvalue weighted by atomic mass is 32.2. The van der Waals surface area contributed by atoms with Gasteiger partial charge in [0.25, 0.3) is 0 Å². The van der Waals surface area contributed by atoms with Crippen LogP contribution in [0.4, 0.5) is 0 Å². The summed E-state index contributed by atoms with van der Waals surface area (Å²) >= 11 is -1.95. The Hall–Kier alpha value is -1.45. The van der Waals surface area contributed by atoms with Crippen LogP contribution in [0.3, 0.4) is 0 Å². The van der Waals surface area contributed by atoms with Gasteiger partial charge in [0.1, 0.15) is 0 Å². The fraction of sp³-hybridized carbons (Fsp3) is 0.0769. The van der Waals surface area contributed by atoms with Crippen LogP contribution in [0.1, 0.15) is 5.56 Å². The smallest absolute Gasteiger partial charge is 0.187 e. The van der Waals surface area contributed by atoms with Crippen LogP contribution in [0, 0.1) is 6.92 Å². The molecule has 0 fully saturated rings. The number of hydrogen-bond donors (Lipinski definition) is 1. The van der Waals surface area contributed by atoms with Gasteiger partial charge in [-0.3, -0.25) is 0 Å². The van der Waals surface area contributed by atoms with E-state index in [1.807, 2.05) is 55.5 Å². The minimum Gasteiger partial charge on any atom is -0.302 e. The molecule has 82 valence electrons. The SMILES string of the molecule is Cc1cccc(-c2ccccc2)c1S(=O)O. The standard InChI is InChI=1S/C13H12O2S/c1-10-6-5-9-12(13(10)16(14)15)11-7-3-2-4-8-11/h2-9H,1H3,(H,14,15). The lowest BCUT2D eigenvalue weighted by Crippen LogP contribution is -1.96. The predicted molar refractivity (Wildman–Crippen MR) is 65.7 cm³/mol. The van der Waals surface area contributed by atoms with Gasteiger partial charge >= 0.3 is 0 Å². The molecule has 0 bridgehead atoms. The van der Waals surface area contributed by atoms with E-state index in [1.54, 1.807) is 0 Å². The normalized spacial score (nSPS) is 12.4. The Balaban J connectivity index is 2.66. The van der Waals surface area contributed by atoms with E-state index < -0.39 is 11.1 Å². The van der Waals surface area contributed by atoms with Crippen molar-refractivity contribution in [2.24, 2.45) is 0 Å². The number of hydrogen-bond acceptors (Lipinski definition) is 1. The molecule has 2 aromatic carbocycles. The molecule has 0 amide bonds. The molecule has 0 aliphatic rings. The molecule has 0 radical (unpaired) electrons. The molecule has 2 nitrogen and oxygen atoms in total. The lowest BCUT2D eigenvalue weighted by Gasteiger charge is -2.09. The number of rotatable bonds is 2. The second kappa shape index (κ2) is 4.60. The summed E-state index contributed by atoms with van der Waals surface area (Å²) in [4.78, 5) is 0.494. The Morgan fingerprint density at radius 1 is 1.00 bits per heavy atom. The third-order valence-electron chi connectivity index (χ3n) is 2.47. The molecule has 0 aliphatic carbocycles. The fourth-order valence-electron chi connectivity index (χ4n) is 1.73. The molecule has 1 unspecified atom stereocenters. The lowest BCUT2D eigenvalue weighted by molar-refractivity contribution is 0.564. The van der Waals surface area contributed by atoms with Gasteiger partial charge in [-0.05, 0) is 18.1 Å². The molecule has 0 saturated heterocycles. The van der Waals surface area contributed by atoms with Crippen molar-refractivity contribution in [2.45, 2.75) is 11.8 Å². The minimum atomic E-state index is -1.95. The van der Waals surface area contributed by atoms with Crippen LogP contribution in [-0.2, 0) is 11.1 Å². The van der Waals surface area contributed by atoms with Crippen LogP contribution in [0.5, 0.6) is 0 Å². The Kier molecular flexibility index (Phi) is 3.17. The van der Waals surface area contributed by atoms with Crippen molar-refractivity contribution in [3.05, 3.63) is 54.1 Å². The molecule has 3 heteroatoms. The summed E-state index contributed by atoms with van der Waals surface area (Å²) in [5.74, 6) is 0. The predicted octanol–water partition coefficient (Wildman–Crippen LogP) is 3.24. The summed E-state index contributed by atoms with van der Waals surface area (Å²) in [5.41, 5.74) is 2.62. The molecule has 16 heavy (non-hydrogen) atoms. The minimum absolute atomic E-state index is 0.494. The summed E-state index contributed by atoms with van der Waals surface area (Å²) in [7, 11) is 0. The molecule has 0 aliphatic heterocycles. The van der Waals surface area contributed by atoms with E-state index in [0.29, 0.717) is 4.90 Å². The molecule has 0 spiro atoms. The molecular formula is C13H12O2S. The second-order valence-electron chi connectivity index (χ2n) is 3.57. The zero-order chi connectivity index (χ0) is 11.5. The van der Waals surface area contributed by atoms with Crippen LogP contribution in [0.15, 0.2) is 53.4 Å². The van der Waals surface area contributed by atoms with E-state index in [4.69, 9.17) is 0 Å². The van der Waals surface area contributed by atoms with E-state index >= 15 is 0 Å². The van der Waals surface area contributed by atoms with Gasteiger partial charge in [-0.1, -0.05) is 48.5 Å². The van der Waals surface area contributed by atoms with Crippen molar-refractivity contribution in [1.29, 1.82) is 0 Å². The highest BCUT2D eigenvalue weighted by Gasteiger charge is 2.11. The maximum Gasteiger partial charge on any atom is 0.187 e. The molecule has 0 saturated carbocycles. The van der Waals surface area contributed by atoms with Gasteiger partial charge in [-0.15, -0.1) is 0 Å². The van der Waals surface area contributed by atoms with E-state index in [9.17, 15) is 8.76 Å². The Morgan fingerprint density at radius 2 is 1.69 bits per heavy atom. The third kappa shape index (κ3) is 2.05. The summed E-state index contributed by atoms with van der Waals surface area (Å²) < 4.78 is 20.6. The first kappa shape index (κ1) is 11.0. The Bertz CT molecular complexity index is 521. The topological polar surface area (TPSA) is 37.3 Å². The largest absolute Gasteiger partial charge is 0.302 e. The zero-order valence-corrected chi connectivity index (χ0v) is 9.70. The molecule has 2 rings (SSSR count). The van der Waals surface area contributed by atoms with Gasteiger partial charge in [0, 0.05) is 5.56 Å². The summed E-state index contributed by atoms with van der Waals surface area (Å²) in [5, 5.41) is 0. The summed E-state index contributed by atoms with van der Waals surface area (Å²) in [6.07, 6.45) is 0. The number of aryl methyl sites for hydroxylation is 1. The lowest BCUT2D eigenvalue weighted by atomic mass is 10.0. The van der Waals surface area contributed by atoms with Crippen LogP contribution in [0.2, 0.25) is 0 Å². The first-order valence-electron chi connectivity index (χ1n) is 4.96. The molecular weight excluding hydrogens is 220 g/mol. The van der Waals surface area contributed by atoms with Crippen molar-refractivity contribution in [3.63, 3.8) is 0 Å². The Labute approximate surface area is 97.2 Å². The van der Waals surface area contributed by atoms with Crippen LogP contribution in [0.25, 0.3) is 11.1 Å². The highest BCUT2D eigenvalue weighted by Crippen LogP contribution is 2.27. The van der Waals surface area contributed by atoms with E-state index in [1.165, 1.54) is 0 Å². The maximum atomic E-state index is 11.3. The van der Waals surface area contributed by atoms with Crippen molar-refractivity contribution in [3.8, 4) is 11.1 Å². The van der Waals surface area contributed by atoms with Gasteiger partial charge in [0.05, 0.1) is 4.90 Å². The fourth-order valence-corrected chi connectivity index (χ4v) is 2.45. The first-order chi connectivity index (χ1) is 7.70. The molecule has 0 heterocycles. The van der Waals surface area contributed by atoms with E-state index in [2.05, 4.69) is 0 Å². The van der Waals surface area contributed by atoms with Crippen molar-refractivity contribution in [2.75, 3.05) is 0 Å². The van der Waals surface area contributed by atoms with Gasteiger partial charge in [0.2, 0.25) is 0 Å². The quantitative estimate of drug-likeness (QED) is 0.807. The summed E-state index contributed by atoms with van der Waals surface area (Å²) in [6, 6.07) is 15.2. The van der Waals surface area contributed by atoms with Crippen LogP contribution >= 0.6 is 0 Å². The zero-order valence-electron chi connectivity index (χ0n) is 8.88. The highest BCUT2D eigenvalue weighted by molar-refractivity contribution is 7.79. The van der Waals surface area contributed by atoms with Gasteiger partial charge < -0.3 is 4.55 Å². The average Bonchev–Trinajstić information content (AvgIpc) is 2.29. The Morgan fingerprint density at radius 3 is 2.31 bits per heavy atom. The van der Waals surface area contributed by atoms with Gasteiger partial charge in [-0.25, -0.2) is 4.21 Å².